The average molecular weight is 736 g/mol. The molecule has 4 aliphatic rings. The summed E-state index contributed by atoms with van der Waals surface area (Å²) in [6.45, 7) is 0. The molecule has 2 aliphatic carbocycles. The Bertz CT molecular complexity index is 2030. The van der Waals surface area contributed by atoms with Gasteiger partial charge in [0, 0.05) is 28.6 Å². The number of methoxy groups -OCH3 is 3. The first-order chi connectivity index (χ1) is 24.4. The number of phenols is 1. The van der Waals surface area contributed by atoms with Gasteiger partial charge in [-0.2, -0.15) is 9.91 Å². The molecule has 0 radical (unpaired) electrons. The molecule has 2 aliphatic heterocycles. The second-order valence-electron chi connectivity index (χ2n) is 12.8. The van der Waals surface area contributed by atoms with Crippen molar-refractivity contribution < 1.29 is 43.3 Å². The number of nitrogens with zero attached hydrogens (tertiary/aromatic N) is 2. The van der Waals surface area contributed by atoms with E-state index < -0.39 is 64.7 Å². The Morgan fingerprint density at radius 1 is 0.902 bits per heavy atom. The van der Waals surface area contributed by atoms with Crippen LogP contribution in [0.25, 0.3) is 0 Å². The van der Waals surface area contributed by atoms with E-state index in [0.717, 1.165) is 5.01 Å². The predicted octanol–water partition coefficient (Wildman–Crippen LogP) is 4.79. The number of allylic oxidation sites excluding steroid dienone is 2. The van der Waals surface area contributed by atoms with E-state index in [4.69, 9.17) is 43.1 Å². The SMILES string of the molecule is COc1ccc([C@@]23C(=O)N(Nc4ccc(Cl)cc4Cl)C(=O)[C@@H]2C[C@@H]2C(=CC[C@@H]4C(=O)N(C(N)=O)C(=O)[C@@H]42)[C@@H]3c2c(OC)cc(O)cc2OC)cc1. The standard InChI is InChI=1S/C36H32Cl2N4O9/c1-49-19-7-4-16(5-8-19)36-23(32(45)42(34(36)47)40-25-11-6-17(37)12-24(25)38)15-22-20(9-10-21-28(22)33(46)41(31(21)44)35(39)48)30(36)29-26(50-2)13-18(43)14-27(29)51-3/h4-9,11-14,21-23,28,30,40,43H,10,15H2,1-3H3,(H2,39,48)/t21-,22+,23-,28-,30+,36+/m0/s1. The molecule has 13 nitrogen and oxygen atoms in total. The summed E-state index contributed by atoms with van der Waals surface area (Å²) in [6.07, 6.45) is 1.79. The Morgan fingerprint density at radius 3 is 2.16 bits per heavy atom. The van der Waals surface area contributed by atoms with Crippen LogP contribution < -0.4 is 25.4 Å². The van der Waals surface area contributed by atoms with E-state index in [1.54, 1.807) is 36.4 Å². The number of hydrogen-bond acceptors (Lipinski definition) is 10. The summed E-state index contributed by atoms with van der Waals surface area (Å²) in [4.78, 5) is 70.3. The number of hydrogen-bond donors (Lipinski definition) is 3. The van der Waals surface area contributed by atoms with Gasteiger partial charge in [0.1, 0.15) is 23.0 Å². The van der Waals surface area contributed by atoms with Gasteiger partial charge in [0.15, 0.2) is 0 Å². The number of aromatic hydroxyl groups is 1. The van der Waals surface area contributed by atoms with Gasteiger partial charge in [-0.3, -0.25) is 24.6 Å². The molecule has 3 fully saturated rings. The molecule has 0 bridgehead atoms. The number of halogens is 2. The van der Waals surface area contributed by atoms with Gasteiger partial charge >= 0.3 is 6.03 Å². The largest absolute Gasteiger partial charge is 0.508 e. The van der Waals surface area contributed by atoms with Crippen molar-refractivity contribution >= 4 is 58.5 Å². The summed E-state index contributed by atoms with van der Waals surface area (Å²) < 4.78 is 17.1. The van der Waals surface area contributed by atoms with Crippen LogP contribution in [0.15, 0.2) is 66.2 Å². The lowest BCUT2D eigenvalue weighted by atomic mass is 9.49. The third-order valence-corrected chi connectivity index (χ3v) is 11.2. The lowest BCUT2D eigenvalue weighted by Gasteiger charge is -2.51. The minimum Gasteiger partial charge on any atom is -0.508 e. The van der Waals surface area contributed by atoms with Crippen LogP contribution in [-0.4, -0.2) is 66.0 Å². The van der Waals surface area contributed by atoms with Gasteiger partial charge in [-0.25, -0.2) is 4.79 Å². The molecule has 2 heterocycles. The summed E-state index contributed by atoms with van der Waals surface area (Å²) in [5, 5.41) is 12.1. The van der Waals surface area contributed by atoms with Crippen LogP contribution in [-0.2, 0) is 24.6 Å². The van der Waals surface area contributed by atoms with Gasteiger partial charge in [0.2, 0.25) is 11.8 Å². The molecule has 6 atom stereocenters. The topological polar surface area (TPSA) is 178 Å². The van der Waals surface area contributed by atoms with Gasteiger partial charge in [-0.05, 0) is 54.7 Å². The zero-order chi connectivity index (χ0) is 36.5. The minimum absolute atomic E-state index is 0.0535. The minimum atomic E-state index is -1.73. The van der Waals surface area contributed by atoms with Crippen molar-refractivity contribution in [2.75, 3.05) is 26.8 Å². The van der Waals surface area contributed by atoms with E-state index in [0.29, 0.717) is 32.4 Å². The van der Waals surface area contributed by atoms with Gasteiger partial charge < -0.3 is 25.1 Å². The number of nitrogens with two attached hydrogens (primary N) is 1. The summed E-state index contributed by atoms with van der Waals surface area (Å²) >= 11 is 12.6. The highest BCUT2D eigenvalue weighted by Gasteiger charge is 2.71. The molecule has 15 heteroatoms. The fourth-order valence-electron chi connectivity index (χ4n) is 8.58. The number of anilines is 1. The van der Waals surface area contributed by atoms with Crippen molar-refractivity contribution in [1.82, 2.24) is 9.91 Å². The number of primary amides is 1. The molecule has 0 unspecified atom stereocenters. The van der Waals surface area contributed by atoms with Crippen molar-refractivity contribution in [3.05, 3.63) is 87.4 Å². The molecule has 2 saturated heterocycles. The monoisotopic (exact) mass is 734 g/mol. The van der Waals surface area contributed by atoms with E-state index in [1.165, 1.54) is 45.6 Å². The molecule has 3 aromatic rings. The number of nitrogens with one attached hydrogen (secondary N) is 1. The lowest BCUT2D eigenvalue weighted by Crippen LogP contribution is -2.53. The van der Waals surface area contributed by atoms with E-state index in [-0.39, 0.29) is 40.8 Å². The van der Waals surface area contributed by atoms with Crippen LogP contribution >= 0.6 is 23.2 Å². The van der Waals surface area contributed by atoms with Crippen LogP contribution in [0.5, 0.6) is 23.0 Å². The number of carbonyl (C=O) groups excluding carboxylic acids is 5. The maximum Gasteiger partial charge on any atom is 0.328 e. The molecule has 3 aromatic carbocycles. The molecular weight excluding hydrogens is 703 g/mol. The Kier molecular flexibility index (Phi) is 8.38. The number of rotatable bonds is 7. The predicted molar refractivity (Wildman–Crippen MR) is 183 cm³/mol. The highest BCUT2D eigenvalue weighted by molar-refractivity contribution is 6.36. The number of benzene rings is 3. The van der Waals surface area contributed by atoms with Crippen LogP contribution in [0.3, 0.4) is 0 Å². The van der Waals surface area contributed by atoms with Crippen LogP contribution in [0.1, 0.15) is 29.9 Å². The first-order valence-corrected chi connectivity index (χ1v) is 16.7. The van der Waals surface area contributed by atoms with Gasteiger partial charge in [0.25, 0.3) is 11.8 Å². The first kappa shape index (κ1) is 34.2. The number of imide groups is 4. The maximum atomic E-state index is 15.4. The molecule has 6 amide bonds. The van der Waals surface area contributed by atoms with Crippen LogP contribution in [0, 0.1) is 23.7 Å². The highest BCUT2D eigenvalue weighted by Crippen LogP contribution is 2.66. The highest BCUT2D eigenvalue weighted by atomic mass is 35.5. The molecule has 0 spiro atoms. The quantitative estimate of drug-likeness (QED) is 0.226. The zero-order valence-corrected chi connectivity index (χ0v) is 29.0. The fourth-order valence-corrected chi connectivity index (χ4v) is 9.03. The third-order valence-electron chi connectivity index (χ3n) is 10.6. The number of fused-ring (bicyclic) bond motifs is 4. The van der Waals surface area contributed by atoms with Crippen molar-refractivity contribution in [3.63, 3.8) is 0 Å². The molecule has 51 heavy (non-hydrogen) atoms. The Hall–Kier alpha value is -5.27. The lowest BCUT2D eigenvalue weighted by molar-refractivity contribution is -0.139. The van der Waals surface area contributed by atoms with E-state index in [9.17, 15) is 24.3 Å². The van der Waals surface area contributed by atoms with Gasteiger partial charge in [0.05, 0.1) is 55.2 Å². The summed E-state index contributed by atoms with van der Waals surface area (Å²) in [5.41, 5.74) is 8.24. The van der Waals surface area contributed by atoms with E-state index in [2.05, 4.69) is 5.43 Å². The van der Waals surface area contributed by atoms with Crippen molar-refractivity contribution in [2.45, 2.75) is 24.2 Å². The fraction of sp³-hybridized carbons (Fsp3) is 0.306. The summed E-state index contributed by atoms with van der Waals surface area (Å²) in [5.74, 6) is -7.15. The van der Waals surface area contributed by atoms with Gasteiger partial charge in [-0.15, -0.1) is 0 Å². The van der Waals surface area contributed by atoms with Crippen LogP contribution in [0.2, 0.25) is 10.0 Å². The van der Waals surface area contributed by atoms with E-state index >= 15 is 4.79 Å². The number of carbonyl (C=O) groups is 5. The molecule has 264 valence electrons. The Balaban J connectivity index is 1.53. The number of phenolic OH excluding ortho intramolecular Hbond substituents is 1. The molecule has 1 saturated carbocycles. The van der Waals surface area contributed by atoms with Crippen LogP contribution in [0.4, 0.5) is 10.5 Å². The number of amides is 6. The van der Waals surface area contributed by atoms with Gasteiger partial charge in [-0.1, -0.05) is 47.0 Å². The third kappa shape index (κ3) is 4.93. The molecule has 4 N–H and O–H groups in total. The second-order valence-corrected chi connectivity index (χ2v) is 13.7. The zero-order valence-electron chi connectivity index (χ0n) is 27.5. The number of likely N-dealkylation sites (tertiary alicyclic amines) is 1. The molecule has 0 aromatic heterocycles. The Morgan fingerprint density at radius 2 is 1.57 bits per heavy atom. The van der Waals surface area contributed by atoms with Crippen molar-refractivity contribution in [2.24, 2.45) is 29.4 Å². The first-order valence-electron chi connectivity index (χ1n) is 16.0. The molecular formula is C36H32Cl2N4O9. The normalized spacial score (nSPS) is 26.7. The molecule has 7 rings (SSSR count). The average Bonchev–Trinajstić information content (AvgIpc) is 3.50. The van der Waals surface area contributed by atoms with Crippen molar-refractivity contribution in [3.8, 4) is 23.0 Å². The number of urea groups is 1. The maximum absolute atomic E-state index is 15.4. The van der Waals surface area contributed by atoms with Crippen molar-refractivity contribution in [1.29, 1.82) is 0 Å². The number of hydrazine groups is 1. The Labute approximate surface area is 301 Å². The number of ether oxygens (including phenoxy) is 3. The second kappa shape index (κ2) is 12.5. The van der Waals surface area contributed by atoms with E-state index in [1.807, 2.05) is 0 Å². The summed E-state index contributed by atoms with van der Waals surface area (Å²) in [6, 6.07) is 12.8. The summed E-state index contributed by atoms with van der Waals surface area (Å²) in [7, 11) is 4.28. The smallest absolute Gasteiger partial charge is 0.328 e.